The van der Waals surface area contributed by atoms with Crippen LogP contribution in [0.15, 0.2) is 48.7 Å². The second-order valence-electron chi connectivity index (χ2n) is 10.2. The smallest absolute Gasteiger partial charge is 0.347 e. The zero-order valence-electron chi connectivity index (χ0n) is 19.3. The minimum absolute atomic E-state index is 0.141. The van der Waals surface area contributed by atoms with Crippen LogP contribution in [0.4, 0.5) is 13.2 Å². The first-order valence-electron chi connectivity index (χ1n) is 11.8. The third-order valence-corrected chi connectivity index (χ3v) is 9.44. The maximum Gasteiger partial charge on any atom is 0.417 e. The zero-order valence-corrected chi connectivity index (χ0v) is 20.1. The van der Waals surface area contributed by atoms with Crippen LogP contribution in [0, 0.1) is 5.41 Å². The Morgan fingerprint density at radius 1 is 1.15 bits per heavy atom. The molecule has 34 heavy (non-hydrogen) atoms. The molecule has 182 valence electrons. The lowest BCUT2D eigenvalue weighted by molar-refractivity contribution is -0.137. The van der Waals surface area contributed by atoms with Gasteiger partial charge >= 0.3 is 6.18 Å². The number of nitrogens with one attached hydrogen (secondary N) is 1. The molecule has 1 atom stereocenters. The molecule has 0 unspecified atom stereocenters. The van der Waals surface area contributed by atoms with E-state index in [1.165, 1.54) is 12.1 Å². The van der Waals surface area contributed by atoms with Crippen molar-refractivity contribution >= 4 is 20.9 Å². The molecule has 1 heterocycles. The van der Waals surface area contributed by atoms with Gasteiger partial charge in [0.05, 0.1) is 10.8 Å². The first kappa shape index (κ1) is 23.4. The molecule has 3 aromatic rings. The molecule has 0 aliphatic heterocycles. The number of nitrogens with zero attached hydrogens (tertiary/aromatic N) is 1. The molecule has 2 aromatic carbocycles. The summed E-state index contributed by atoms with van der Waals surface area (Å²) >= 11 is 0. The summed E-state index contributed by atoms with van der Waals surface area (Å²) in [6.45, 7) is 4.78. The quantitative estimate of drug-likeness (QED) is 0.403. The van der Waals surface area contributed by atoms with Gasteiger partial charge < -0.3 is 4.57 Å². The molecule has 2 aliphatic rings. The number of alkyl halides is 3. The van der Waals surface area contributed by atoms with E-state index in [0.717, 1.165) is 48.3 Å². The number of sulfonamides is 1. The van der Waals surface area contributed by atoms with Crippen LogP contribution in [0.1, 0.15) is 63.1 Å². The van der Waals surface area contributed by atoms with Crippen LogP contribution in [-0.4, -0.2) is 18.2 Å². The third kappa shape index (κ3) is 4.38. The fraction of sp³-hybridized carbons (Fsp3) is 0.462. The van der Waals surface area contributed by atoms with Crippen molar-refractivity contribution < 1.29 is 21.6 Å². The van der Waals surface area contributed by atoms with Gasteiger partial charge in [-0.3, -0.25) is 0 Å². The van der Waals surface area contributed by atoms with Crippen LogP contribution in [0.3, 0.4) is 0 Å². The summed E-state index contributed by atoms with van der Waals surface area (Å²) in [5.41, 5.74) is 1.81. The zero-order chi connectivity index (χ0) is 24.3. The van der Waals surface area contributed by atoms with E-state index in [2.05, 4.69) is 16.2 Å². The predicted octanol–water partition coefficient (Wildman–Crippen LogP) is 6.66. The number of hydrogen-bond donors (Lipinski definition) is 1. The van der Waals surface area contributed by atoms with Crippen molar-refractivity contribution in [1.29, 1.82) is 0 Å². The van der Waals surface area contributed by atoms with E-state index in [1.807, 2.05) is 25.3 Å². The Balaban J connectivity index is 1.58. The van der Waals surface area contributed by atoms with Crippen LogP contribution in [-0.2, 0) is 22.7 Å². The summed E-state index contributed by atoms with van der Waals surface area (Å²) < 4.78 is 71.3. The number of benzene rings is 2. The maximum absolute atomic E-state index is 13.7. The Kier molecular flexibility index (Phi) is 5.60. The third-order valence-electron chi connectivity index (χ3n) is 7.41. The Labute approximate surface area is 198 Å². The van der Waals surface area contributed by atoms with Gasteiger partial charge in [0.15, 0.2) is 0 Å². The van der Waals surface area contributed by atoms with Crippen LogP contribution in [0.25, 0.3) is 22.0 Å². The maximum atomic E-state index is 13.7. The molecule has 8 heteroatoms. The standard InChI is InChI=1S/C26H29F3N2O2S/c1-17(30-34(32,33)19-6-5-7-19)22-15-31(16-25(2)12-13-25)24-14-18(10-11-21(22)24)20-8-3-4-9-23(20)26(27,28)29/h3-4,8-11,14-15,17,19,30H,5-7,12-13,16H2,1-2H3/t17-/m1/s1. The van der Waals surface area contributed by atoms with Crippen molar-refractivity contribution in [2.75, 3.05) is 0 Å². The average Bonchev–Trinajstić information content (AvgIpc) is 3.33. The highest BCUT2D eigenvalue weighted by atomic mass is 32.2. The molecule has 4 nitrogen and oxygen atoms in total. The van der Waals surface area contributed by atoms with Gasteiger partial charge in [0, 0.05) is 29.7 Å². The highest BCUT2D eigenvalue weighted by Gasteiger charge is 2.38. The van der Waals surface area contributed by atoms with Crippen molar-refractivity contribution in [3.05, 3.63) is 59.8 Å². The van der Waals surface area contributed by atoms with Gasteiger partial charge in [-0.05, 0) is 66.8 Å². The molecule has 5 rings (SSSR count). The van der Waals surface area contributed by atoms with E-state index < -0.39 is 27.8 Å². The predicted molar refractivity (Wildman–Crippen MR) is 128 cm³/mol. The minimum atomic E-state index is -4.45. The fourth-order valence-electron chi connectivity index (χ4n) is 4.82. The lowest BCUT2D eigenvalue weighted by atomic mass is 9.97. The second-order valence-corrected chi connectivity index (χ2v) is 12.2. The Morgan fingerprint density at radius 2 is 1.85 bits per heavy atom. The lowest BCUT2D eigenvalue weighted by Crippen LogP contribution is -2.39. The molecule has 2 saturated carbocycles. The lowest BCUT2D eigenvalue weighted by Gasteiger charge is -2.27. The number of hydrogen-bond acceptors (Lipinski definition) is 2. The molecule has 0 spiro atoms. The Bertz CT molecular complexity index is 1340. The highest BCUT2D eigenvalue weighted by molar-refractivity contribution is 7.90. The van der Waals surface area contributed by atoms with Crippen LogP contribution in [0.5, 0.6) is 0 Å². The van der Waals surface area contributed by atoms with E-state index in [-0.39, 0.29) is 16.2 Å². The first-order chi connectivity index (χ1) is 16.0. The Hall–Kier alpha value is -2.32. The molecule has 1 N–H and O–H groups in total. The molecule has 2 fully saturated rings. The SMILES string of the molecule is C[C@@H](NS(=O)(=O)C1CCC1)c1cn(CC2(C)CC2)c2cc(-c3ccccc3C(F)(F)F)ccc12. The van der Waals surface area contributed by atoms with Crippen molar-refractivity contribution in [3.63, 3.8) is 0 Å². The monoisotopic (exact) mass is 490 g/mol. The molecule has 0 radical (unpaired) electrons. The van der Waals surface area contributed by atoms with Gasteiger partial charge in [-0.1, -0.05) is 43.7 Å². The molecule has 0 amide bonds. The summed E-state index contributed by atoms with van der Waals surface area (Å²) in [6, 6.07) is 10.5. The van der Waals surface area contributed by atoms with Crippen LogP contribution < -0.4 is 4.72 Å². The summed E-state index contributed by atoms with van der Waals surface area (Å²) in [6.07, 6.45) is 2.02. The highest BCUT2D eigenvalue weighted by Crippen LogP contribution is 2.47. The normalized spacial score (nSPS) is 19.2. The topological polar surface area (TPSA) is 51.1 Å². The van der Waals surface area contributed by atoms with Gasteiger partial charge in [-0.15, -0.1) is 0 Å². The van der Waals surface area contributed by atoms with Gasteiger partial charge in [-0.25, -0.2) is 13.1 Å². The van der Waals surface area contributed by atoms with Gasteiger partial charge in [-0.2, -0.15) is 13.2 Å². The molecular weight excluding hydrogens is 461 g/mol. The van der Waals surface area contributed by atoms with E-state index in [1.54, 1.807) is 12.1 Å². The van der Waals surface area contributed by atoms with E-state index in [9.17, 15) is 21.6 Å². The molecule has 2 aliphatic carbocycles. The fourth-order valence-corrected chi connectivity index (χ4v) is 6.58. The van der Waals surface area contributed by atoms with E-state index in [4.69, 9.17) is 0 Å². The first-order valence-corrected chi connectivity index (χ1v) is 13.3. The largest absolute Gasteiger partial charge is 0.417 e. The van der Waals surface area contributed by atoms with Gasteiger partial charge in [0.1, 0.15) is 0 Å². The number of aromatic nitrogens is 1. The summed E-state index contributed by atoms with van der Waals surface area (Å²) in [5, 5.41) is 0.528. The number of rotatable bonds is 7. The average molecular weight is 491 g/mol. The van der Waals surface area contributed by atoms with Crippen molar-refractivity contribution in [3.8, 4) is 11.1 Å². The van der Waals surface area contributed by atoms with E-state index >= 15 is 0 Å². The van der Waals surface area contributed by atoms with Crippen molar-refractivity contribution in [2.24, 2.45) is 5.41 Å². The van der Waals surface area contributed by atoms with Crippen molar-refractivity contribution in [1.82, 2.24) is 9.29 Å². The molecule has 0 saturated heterocycles. The van der Waals surface area contributed by atoms with Crippen LogP contribution in [0.2, 0.25) is 0 Å². The second kappa shape index (κ2) is 8.12. The molecule has 0 bridgehead atoms. The van der Waals surface area contributed by atoms with Crippen molar-refractivity contribution in [2.45, 2.75) is 70.0 Å². The Morgan fingerprint density at radius 3 is 2.47 bits per heavy atom. The summed E-state index contributed by atoms with van der Waals surface area (Å²) in [4.78, 5) is 0. The molecule has 1 aromatic heterocycles. The summed E-state index contributed by atoms with van der Waals surface area (Å²) in [7, 11) is -3.41. The number of halogens is 3. The van der Waals surface area contributed by atoms with Gasteiger partial charge in [0.2, 0.25) is 10.0 Å². The van der Waals surface area contributed by atoms with Crippen LogP contribution >= 0.6 is 0 Å². The van der Waals surface area contributed by atoms with E-state index in [0.29, 0.717) is 18.4 Å². The minimum Gasteiger partial charge on any atom is -0.347 e. The summed E-state index contributed by atoms with van der Waals surface area (Å²) in [5.74, 6) is 0. The molecular formula is C26H29F3N2O2S. The number of fused-ring (bicyclic) bond motifs is 1. The van der Waals surface area contributed by atoms with Gasteiger partial charge in [0.25, 0.3) is 0 Å².